The SMILES string of the molecule is CCCC(C)(CNCC(C)C)Cc1cccc(F)c1Br. The van der Waals surface area contributed by atoms with E-state index in [1.807, 2.05) is 6.07 Å². The van der Waals surface area contributed by atoms with Crippen LogP contribution >= 0.6 is 15.9 Å². The average molecular weight is 344 g/mol. The predicted octanol–water partition coefficient (Wildman–Crippen LogP) is 5.18. The molecule has 1 aromatic carbocycles. The molecular formula is C17H27BrFN. The highest BCUT2D eigenvalue weighted by Gasteiger charge is 2.25. The van der Waals surface area contributed by atoms with Gasteiger partial charge in [0.15, 0.2) is 0 Å². The first-order valence-electron chi connectivity index (χ1n) is 7.51. The monoisotopic (exact) mass is 343 g/mol. The van der Waals surface area contributed by atoms with E-state index >= 15 is 0 Å². The van der Waals surface area contributed by atoms with E-state index in [4.69, 9.17) is 0 Å². The summed E-state index contributed by atoms with van der Waals surface area (Å²) in [6.45, 7) is 10.9. The molecule has 0 aliphatic carbocycles. The lowest BCUT2D eigenvalue weighted by Crippen LogP contribution is -2.35. The number of hydrogen-bond donors (Lipinski definition) is 1. The van der Waals surface area contributed by atoms with E-state index < -0.39 is 0 Å². The molecule has 0 amide bonds. The molecule has 20 heavy (non-hydrogen) atoms. The Hall–Kier alpha value is -0.410. The predicted molar refractivity (Wildman–Crippen MR) is 88.5 cm³/mol. The molecule has 1 rings (SSSR count). The van der Waals surface area contributed by atoms with Crippen molar-refractivity contribution in [2.75, 3.05) is 13.1 Å². The molecule has 0 aromatic heterocycles. The fraction of sp³-hybridized carbons (Fsp3) is 0.647. The second-order valence-electron chi connectivity index (χ2n) is 6.48. The molecule has 1 aromatic rings. The molecular weight excluding hydrogens is 317 g/mol. The van der Waals surface area contributed by atoms with Crippen LogP contribution in [-0.2, 0) is 6.42 Å². The van der Waals surface area contributed by atoms with Gasteiger partial charge in [-0.1, -0.05) is 46.2 Å². The second kappa shape index (κ2) is 8.14. The first-order valence-corrected chi connectivity index (χ1v) is 8.31. The van der Waals surface area contributed by atoms with Gasteiger partial charge >= 0.3 is 0 Å². The molecule has 0 heterocycles. The van der Waals surface area contributed by atoms with Crippen molar-refractivity contribution in [2.24, 2.45) is 11.3 Å². The normalized spacial score (nSPS) is 14.6. The van der Waals surface area contributed by atoms with Gasteiger partial charge in [-0.2, -0.15) is 0 Å². The fourth-order valence-corrected chi connectivity index (χ4v) is 3.05. The van der Waals surface area contributed by atoms with Crippen molar-refractivity contribution in [2.45, 2.75) is 47.0 Å². The van der Waals surface area contributed by atoms with Crippen molar-refractivity contribution in [3.8, 4) is 0 Å². The lowest BCUT2D eigenvalue weighted by Gasteiger charge is -2.31. The van der Waals surface area contributed by atoms with Crippen LogP contribution < -0.4 is 5.32 Å². The fourth-order valence-electron chi connectivity index (χ4n) is 2.65. The maximum atomic E-state index is 13.6. The summed E-state index contributed by atoms with van der Waals surface area (Å²) >= 11 is 3.38. The summed E-state index contributed by atoms with van der Waals surface area (Å²) in [7, 11) is 0. The van der Waals surface area contributed by atoms with Gasteiger partial charge in [0.1, 0.15) is 5.82 Å². The van der Waals surface area contributed by atoms with E-state index in [0.717, 1.165) is 37.9 Å². The van der Waals surface area contributed by atoms with Gasteiger partial charge < -0.3 is 5.32 Å². The molecule has 1 nitrogen and oxygen atoms in total. The van der Waals surface area contributed by atoms with E-state index in [1.165, 1.54) is 6.07 Å². The Morgan fingerprint density at radius 1 is 1.35 bits per heavy atom. The molecule has 1 unspecified atom stereocenters. The van der Waals surface area contributed by atoms with Gasteiger partial charge in [0, 0.05) is 6.54 Å². The third-order valence-electron chi connectivity index (χ3n) is 3.61. The highest BCUT2D eigenvalue weighted by molar-refractivity contribution is 9.10. The van der Waals surface area contributed by atoms with Gasteiger partial charge in [-0.15, -0.1) is 0 Å². The van der Waals surface area contributed by atoms with Crippen molar-refractivity contribution < 1.29 is 4.39 Å². The number of nitrogens with one attached hydrogen (secondary N) is 1. The number of halogens is 2. The minimum Gasteiger partial charge on any atom is -0.316 e. The van der Waals surface area contributed by atoms with Gasteiger partial charge in [0.2, 0.25) is 0 Å². The number of benzene rings is 1. The molecule has 0 spiro atoms. The van der Waals surface area contributed by atoms with Crippen LogP contribution in [0.15, 0.2) is 22.7 Å². The molecule has 3 heteroatoms. The Kier molecular flexibility index (Phi) is 7.18. The van der Waals surface area contributed by atoms with Gasteiger partial charge in [0.05, 0.1) is 4.47 Å². The summed E-state index contributed by atoms with van der Waals surface area (Å²) in [5.41, 5.74) is 1.23. The molecule has 1 atom stereocenters. The zero-order valence-corrected chi connectivity index (χ0v) is 14.7. The van der Waals surface area contributed by atoms with Crippen molar-refractivity contribution in [3.05, 3.63) is 34.1 Å². The highest BCUT2D eigenvalue weighted by Crippen LogP contribution is 2.31. The van der Waals surface area contributed by atoms with Gasteiger partial charge in [-0.05, 0) is 58.3 Å². The van der Waals surface area contributed by atoms with Gasteiger partial charge in [0.25, 0.3) is 0 Å². The number of hydrogen-bond acceptors (Lipinski definition) is 1. The average Bonchev–Trinajstić information content (AvgIpc) is 2.35. The lowest BCUT2D eigenvalue weighted by atomic mass is 9.79. The third kappa shape index (κ3) is 5.53. The maximum absolute atomic E-state index is 13.6. The van der Waals surface area contributed by atoms with Crippen LogP contribution in [-0.4, -0.2) is 13.1 Å². The van der Waals surface area contributed by atoms with Crippen molar-refractivity contribution in [1.29, 1.82) is 0 Å². The van der Waals surface area contributed by atoms with Crippen LogP contribution in [0, 0.1) is 17.2 Å². The van der Waals surface area contributed by atoms with Crippen LogP contribution in [0.2, 0.25) is 0 Å². The van der Waals surface area contributed by atoms with Crippen molar-refractivity contribution >= 4 is 15.9 Å². The Labute approximate surface area is 131 Å². The van der Waals surface area contributed by atoms with E-state index in [0.29, 0.717) is 10.4 Å². The summed E-state index contributed by atoms with van der Waals surface area (Å²) < 4.78 is 14.3. The topological polar surface area (TPSA) is 12.0 Å². The Balaban J connectivity index is 2.76. The summed E-state index contributed by atoms with van der Waals surface area (Å²) in [5, 5.41) is 3.56. The summed E-state index contributed by atoms with van der Waals surface area (Å²) in [4.78, 5) is 0. The first kappa shape index (κ1) is 17.6. The minimum absolute atomic E-state index is 0.167. The quantitative estimate of drug-likeness (QED) is 0.685. The maximum Gasteiger partial charge on any atom is 0.137 e. The standard InChI is InChI=1S/C17H27BrFN/c1-5-9-17(4,12-20-11-13(2)3)10-14-7-6-8-15(19)16(14)18/h6-8,13,20H,5,9-12H2,1-4H3. The zero-order chi connectivity index (χ0) is 15.2. The Morgan fingerprint density at radius 3 is 2.65 bits per heavy atom. The summed E-state index contributed by atoms with van der Waals surface area (Å²) in [6, 6.07) is 5.31. The van der Waals surface area contributed by atoms with Crippen LogP contribution in [0.1, 0.15) is 46.1 Å². The smallest absolute Gasteiger partial charge is 0.137 e. The zero-order valence-electron chi connectivity index (χ0n) is 13.1. The highest BCUT2D eigenvalue weighted by atomic mass is 79.9. The molecule has 1 N–H and O–H groups in total. The van der Waals surface area contributed by atoms with E-state index in [2.05, 4.69) is 48.9 Å². The van der Waals surface area contributed by atoms with Crippen LogP contribution in [0.25, 0.3) is 0 Å². The van der Waals surface area contributed by atoms with Crippen molar-refractivity contribution in [3.63, 3.8) is 0 Å². The van der Waals surface area contributed by atoms with Crippen LogP contribution in [0.4, 0.5) is 4.39 Å². The van der Waals surface area contributed by atoms with Crippen molar-refractivity contribution in [1.82, 2.24) is 5.32 Å². The van der Waals surface area contributed by atoms with E-state index in [1.54, 1.807) is 6.07 Å². The molecule has 0 radical (unpaired) electrons. The molecule has 0 aliphatic rings. The molecule has 0 saturated carbocycles. The molecule has 0 fully saturated rings. The Bertz CT molecular complexity index is 419. The minimum atomic E-state index is -0.170. The largest absolute Gasteiger partial charge is 0.316 e. The first-order chi connectivity index (χ1) is 9.38. The Morgan fingerprint density at radius 2 is 2.05 bits per heavy atom. The van der Waals surface area contributed by atoms with Crippen LogP contribution in [0.5, 0.6) is 0 Å². The molecule has 114 valence electrons. The number of rotatable bonds is 8. The lowest BCUT2D eigenvalue weighted by molar-refractivity contribution is 0.270. The third-order valence-corrected chi connectivity index (χ3v) is 4.49. The molecule has 0 saturated heterocycles. The molecule has 0 bridgehead atoms. The van der Waals surface area contributed by atoms with E-state index in [-0.39, 0.29) is 11.2 Å². The van der Waals surface area contributed by atoms with Gasteiger partial charge in [-0.25, -0.2) is 4.39 Å². The molecule has 0 aliphatic heterocycles. The summed E-state index contributed by atoms with van der Waals surface area (Å²) in [5.74, 6) is 0.485. The van der Waals surface area contributed by atoms with Crippen LogP contribution in [0.3, 0.4) is 0 Å². The summed E-state index contributed by atoms with van der Waals surface area (Å²) in [6.07, 6.45) is 3.18. The van der Waals surface area contributed by atoms with E-state index in [9.17, 15) is 4.39 Å². The second-order valence-corrected chi connectivity index (χ2v) is 7.27. The van der Waals surface area contributed by atoms with Gasteiger partial charge in [-0.3, -0.25) is 0 Å².